The summed E-state index contributed by atoms with van der Waals surface area (Å²) in [6, 6.07) is 7.23. The number of benzene rings is 1. The van der Waals surface area contributed by atoms with E-state index in [0.29, 0.717) is 22.2 Å². The highest BCUT2D eigenvalue weighted by molar-refractivity contribution is 8.00. The van der Waals surface area contributed by atoms with Crippen molar-refractivity contribution in [2.45, 2.75) is 23.1 Å². The van der Waals surface area contributed by atoms with Gasteiger partial charge < -0.3 is 10.4 Å². The van der Waals surface area contributed by atoms with Crippen molar-refractivity contribution in [1.82, 2.24) is 35.5 Å². The van der Waals surface area contributed by atoms with Gasteiger partial charge in [-0.1, -0.05) is 11.8 Å². The molecule has 9 heteroatoms. The predicted octanol–water partition coefficient (Wildman–Crippen LogP) is 2.82. The second-order valence-electron chi connectivity index (χ2n) is 6.88. The molecular formula is C20H19N7OS. The van der Waals surface area contributed by atoms with Gasteiger partial charge in [0.25, 0.3) is 0 Å². The fraction of sp³-hybridized carbons (Fsp3) is 0.250. The Labute approximate surface area is 171 Å². The third-order valence-electron chi connectivity index (χ3n) is 4.96. The van der Waals surface area contributed by atoms with Crippen LogP contribution < -0.4 is 5.32 Å². The fourth-order valence-corrected chi connectivity index (χ4v) is 4.73. The van der Waals surface area contributed by atoms with E-state index in [0.717, 1.165) is 35.3 Å². The minimum Gasteiger partial charge on any atom is -0.507 e. The van der Waals surface area contributed by atoms with E-state index in [-0.39, 0.29) is 5.75 Å². The molecule has 5 rings (SSSR count). The van der Waals surface area contributed by atoms with Crippen LogP contribution in [-0.4, -0.2) is 53.6 Å². The molecule has 0 aliphatic carbocycles. The molecule has 2 N–H and O–H groups in total. The molecule has 1 aliphatic rings. The number of aromatic nitrogens is 6. The molecule has 0 radical (unpaired) electrons. The van der Waals surface area contributed by atoms with Crippen LogP contribution in [0.25, 0.3) is 27.7 Å². The number of pyridine rings is 1. The number of fused-ring (bicyclic) bond motifs is 1. The number of piperidine rings is 1. The van der Waals surface area contributed by atoms with E-state index in [9.17, 15) is 5.11 Å². The molecule has 146 valence electrons. The van der Waals surface area contributed by atoms with Crippen LogP contribution in [-0.2, 0) is 0 Å². The second-order valence-corrected chi connectivity index (χ2v) is 8.17. The van der Waals surface area contributed by atoms with Gasteiger partial charge in [-0.05, 0) is 37.6 Å². The molecule has 3 aromatic heterocycles. The summed E-state index contributed by atoms with van der Waals surface area (Å²) >= 11 is 1.76. The molecule has 0 spiro atoms. The van der Waals surface area contributed by atoms with Crippen LogP contribution in [0.15, 0.2) is 54.1 Å². The van der Waals surface area contributed by atoms with Crippen molar-refractivity contribution in [2.24, 2.45) is 0 Å². The van der Waals surface area contributed by atoms with Gasteiger partial charge in [-0.3, -0.25) is 4.98 Å². The van der Waals surface area contributed by atoms with E-state index in [1.165, 1.54) is 11.2 Å². The Bertz CT molecular complexity index is 1140. The van der Waals surface area contributed by atoms with E-state index in [4.69, 9.17) is 0 Å². The number of nitrogens with one attached hydrogen (secondary N) is 1. The van der Waals surface area contributed by atoms with Crippen molar-refractivity contribution in [3.05, 3.63) is 49.1 Å². The summed E-state index contributed by atoms with van der Waals surface area (Å²) in [6.45, 7) is 2.06. The Morgan fingerprint density at radius 2 is 1.97 bits per heavy atom. The third-order valence-corrected chi connectivity index (χ3v) is 6.22. The minimum absolute atomic E-state index is 0.0936. The molecule has 1 saturated heterocycles. The number of hydrogen-bond acceptors (Lipinski definition) is 8. The highest BCUT2D eigenvalue weighted by Gasteiger charge is 2.19. The van der Waals surface area contributed by atoms with Gasteiger partial charge in [0.15, 0.2) is 0 Å². The molecule has 0 saturated carbocycles. The highest BCUT2D eigenvalue weighted by atomic mass is 32.2. The molecule has 0 bridgehead atoms. The average Bonchev–Trinajstić information content (AvgIpc) is 3.30. The zero-order valence-electron chi connectivity index (χ0n) is 15.6. The summed E-state index contributed by atoms with van der Waals surface area (Å²) in [6.07, 6.45) is 9.07. The molecular weight excluding hydrogens is 386 g/mol. The number of aromatic hydroxyl groups is 1. The monoisotopic (exact) mass is 405 g/mol. The van der Waals surface area contributed by atoms with Crippen LogP contribution in [0.1, 0.15) is 12.8 Å². The maximum atomic E-state index is 10.7. The summed E-state index contributed by atoms with van der Waals surface area (Å²) in [7, 11) is 0. The van der Waals surface area contributed by atoms with Gasteiger partial charge in [-0.2, -0.15) is 15.0 Å². The Kier molecular flexibility index (Phi) is 4.82. The van der Waals surface area contributed by atoms with E-state index in [1.54, 1.807) is 42.6 Å². The van der Waals surface area contributed by atoms with E-state index >= 15 is 0 Å². The Hall–Kier alpha value is -3.04. The van der Waals surface area contributed by atoms with Gasteiger partial charge in [-0.15, -0.1) is 10.2 Å². The summed E-state index contributed by atoms with van der Waals surface area (Å²) in [4.78, 5) is 5.73. The zero-order chi connectivity index (χ0) is 19.6. The molecule has 1 aromatic carbocycles. The molecule has 0 amide bonds. The maximum absolute atomic E-state index is 10.7. The first-order valence-corrected chi connectivity index (χ1v) is 10.4. The van der Waals surface area contributed by atoms with E-state index in [2.05, 4.69) is 30.7 Å². The van der Waals surface area contributed by atoms with Gasteiger partial charge >= 0.3 is 0 Å². The fourth-order valence-electron chi connectivity index (χ4n) is 3.53. The van der Waals surface area contributed by atoms with Gasteiger partial charge in [0, 0.05) is 46.6 Å². The van der Waals surface area contributed by atoms with Crippen molar-refractivity contribution in [3.8, 4) is 22.7 Å². The Morgan fingerprint density at radius 1 is 1.07 bits per heavy atom. The van der Waals surface area contributed by atoms with E-state index in [1.807, 2.05) is 18.2 Å². The molecule has 4 heterocycles. The maximum Gasteiger partial charge on any atom is 0.127 e. The van der Waals surface area contributed by atoms with Crippen LogP contribution in [0.3, 0.4) is 0 Å². The molecule has 0 unspecified atom stereocenters. The SMILES string of the molecule is Oc1cc(-n2nccn2)ccc1-c1nnc(S[C@@H]2CCCNC2)c2ccncc12. The number of phenolic OH excluding ortho intramolecular Hbond substituents is 1. The second kappa shape index (κ2) is 7.76. The van der Waals surface area contributed by atoms with Crippen LogP contribution in [0, 0.1) is 0 Å². The molecule has 1 fully saturated rings. The lowest BCUT2D eigenvalue weighted by Crippen LogP contribution is -2.31. The first-order chi connectivity index (χ1) is 14.3. The quantitative estimate of drug-likeness (QED) is 0.534. The predicted molar refractivity (Wildman–Crippen MR) is 111 cm³/mol. The van der Waals surface area contributed by atoms with Gasteiger partial charge in [0.05, 0.1) is 18.1 Å². The minimum atomic E-state index is 0.0936. The highest BCUT2D eigenvalue weighted by Crippen LogP contribution is 2.37. The molecule has 8 nitrogen and oxygen atoms in total. The lowest BCUT2D eigenvalue weighted by Gasteiger charge is -2.22. The van der Waals surface area contributed by atoms with Crippen molar-refractivity contribution in [1.29, 1.82) is 0 Å². The van der Waals surface area contributed by atoms with Crippen LogP contribution >= 0.6 is 11.8 Å². The number of phenols is 1. The zero-order valence-corrected chi connectivity index (χ0v) is 16.4. The van der Waals surface area contributed by atoms with Crippen molar-refractivity contribution in [2.75, 3.05) is 13.1 Å². The van der Waals surface area contributed by atoms with Crippen molar-refractivity contribution in [3.63, 3.8) is 0 Å². The average molecular weight is 405 g/mol. The smallest absolute Gasteiger partial charge is 0.127 e. The normalized spacial score (nSPS) is 16.9. The van der Waals surface area contributed by atoms with Gasteiger partial charge in [-0.25, -0.2) is 0 Å². The number of rotatable bonds is 4. The largest absolute Gasteiger partial charge is 0.507 e. The third kappa shape index (κ3) is 3.54. The first-order valence-electron chi connectivity index (χ1n) is 9.47. The summed E-state index contributed by atoms with van der Waals surface area (Å²) in [5.74, 6) is 0.0936. The first kappa shape index (κ1) is 18.0. The molecule has 1 atom stereocenters. The molecule has 4 aromatic rings. The van der Waals surface area contributed by atoms with E-state index < -0.39 is 0 Å². The number of nitrogens with zero attached hydrogens (tertiary/aromatic N) is 6. The Morgan fingerprint density at radius 3 is 2.76 bits per heavy atom. The van der Waals surface area contributed by atoms with Gasteiger partial charge in [0.2, 0.25) is 0 Å². The van der Waals surface area contributed by atoms with Crippen LogP contribution in [0.4, 0.5) is 0 Å². The summed E-state index contributed by atoms with van der Waals surface area (Å²) in [5, 5.41) is 34.5. The lowest BCUT2D eigenvalue weighted by molar-refractivity contribution is 0.476. The topological polar surface area (TPSA) is 102 Å². The Balaban J connectivity index is 1.55. The molecule has 1 aliphatic heterocycles. The number of thioether (sulfide) groups is 1. The van der Waals surface area contributed by atoms with Crippen LogP contribution in [0.5, 0.6) is 5.75 Å². The summed E-state index contributed by atoms with van der Waals surface area (Å²) in [5.41, 5.74) is 1.88. The van der Waals surface area contributed by atoms with Gasteiger partial charge in [0.1, 0.15) is 16.5 Å². The summed E-state index contributed by atoms with van der Waals surface area (Å²) < 4.78 is 0. The number of hydrogen-bond donors (Lipinski definition) is 2. The van der Waals surface area contributed by atoms with Crippen molar-refractivity contribution >= 4 is 22.5 Å². The van der Waals surface area contributed by atoms with Crippen LogP contribution in [0.2, 0.25) is 0 Å². The van der Waals surface area contributed by atoms with Crippen molar-refractivity contribution < 1.29 is 5.11 Å². The molecule has 29 heavy (non-hydrogen) atoms. The lowest BCUT2D eigenvalue weighted by atomic mass is 10.1. The standard InChI is InChI=1S/C20H19N7OS/c28-18-10-13(27-23-8-9-24-27)3-4-16(18)19-17-12-22-7-5-15(17)20(26-25-19)29-14-2-1-6-21-11-14/h3-5,7-10,12,14,21,28H,1-2,6,11H2/t14-/m1/s1.